The van der Waals surface area contributed by atoms with Crippen LogP contribution in [0.1, 0.15) is 50.4 Å². The third-order valence-electron chi connectivity index (χ3n) is 4.79. The molecule has 27 heavy (non-hydrogen) atoms. The number of hydrogen-bond acceptors (Lipinski definition) is 6. The van der Waals surface area contributed by atoms with Crippen molar-refractivity contribution in [1.82, 2.24) is 19.3 Å². The lowest BCUT2D eigenvalue weighted by Crippen LogP contribution is -2.48. The van der Waals surface area contributed by atoms with Crippen LogP contribution in [0.4, 0.5) is 0 Å². The molecule has 0 spiro atoms. The molecule has 0 N–H and O–H groups in total. The number of aromatic nitrogens is 2. The van der Waals surface area contributed by atoms with E-state index in [1.165, 1.54) is 5.56 Å². The van der Waals surface area contributed by atoms with Crippen molar-refractivity contribution in [1.29, 1.82) is 0 Å². The summed E-state index contributed by atoms with van der Waals surface area (Å²) in [4.78, 5) is 6.91. The molecule has 8 heteroatoms. The standard InChI is InChI=1S/C19H28N4O3S/c1-4-5-16-6-8-17(9-7-16)27(24,25)23-12-10-22(11-13-23)14-18-20-19(15(2)3)21-26-18/h6-9,15H,4-5,10-14H2,1-3H3. The Labute approximate surface area is 161 Å². The maximum absolute atomic E-state index is 12.9. The Balaban J connectivity index is 1.58. The van der Waals surface area contributed by atoms with E-state index in [0.717, 1.165) is 12.8 Å². The van der Waals surface area contributed by atoms with Crippen molar-refractivity contribution in [2.75, 3.05) is 26.2 Å². The van der Waals surface area contributed by atoms with E-state index in [0.29, 0.717) is 49.3 Å². The number of sulfonamides is 1. The van der Waals surface area contributed by atoms with Gasteiger partial charge in [0, 0.05) is 32.1 Å². The molecular formula is C19H28N4O3S. The van der Waals surface area contributed by atoms with Gasteiger partial charge < -0.3 is 4.52 Å². The summed E-state index contributed by atoms with van der Waals surface area (Å²) < 4.78 is 32.6. The van der Waals surface area contributed by atoms with Gasteiger partial charge in [-0.1, -0.05) is 44.5 Å². The number of aryl methyl sites for hydroxylation is 1. The van der Waals surface area contributed by atoms with Gasteiger partial charge in [-0.25, -0.2) is 8.42 Å². The number of nitrogens with zero attached hydrogens (tertiary/aromatic N) is 4. The summed E-state index contributed by atoms with van der Waals surface area (Å²) in [5, 5.41) is 3.98. The highest BCUT2D eigenvalue weighted by molar-refractivity contribution is 7.89. The minimum atomic E-state index is -3.44. The van der Waals surface area contributed by atoms with Crippen LogP contribution in [0.25, 0.3) is 0 Å². The summed E-state index contributed by atoms with van der Waals surface area (Å²) in [5.74, 6) is 1.52. The topological polar surface area (TPSA) is 79.5 Å². The third-order valence-corrected chi connectivity index (χ3v) is 6.70. The molecule has 0 atom stereocenters. The first-order chi connectivity index (χ1) is 12.9. The van der Waals surface area contributed by atoms with Gasteiger partial charge in [-0.15, -0.1) is 0 Å². The Hall–Kier alpha value is -1.77. The van der Waals surface area contributed by atoms with Crippen LogP contribution in [0.3, 0.4) is 0 Å². The SMILES string of the molecule is CCCc1ccc(S(=O)(=O)N2CCN(Cc3nc(C(C)C)no3)CC2)cc1. The van der Waals surface area contributed by atoms with Crippen LogP contribution >= 0.6 is 0 Å². The Morgan fingerprint density at radius 3 is 2.33 bits per heavy atom. The fourth-order valence-corrected chi connectivity index (χ4v) is 4.57. The zero-order valence-corrected chi connectivity index (χ0v) is 17.1. The monoisotopic (exact) mass is 392 g/mol. The smallest absolute Gasteiger partial charge is 0.243 e. The Morgan fingerprint density at radius 1 is 1.11 bits per heavy atom. The van der Waals surface area contributed by atoms with E-state index in [1.54, 1.807) is 16.4 Å². The normalized spacial score (nSPS) is 16.9. The van der Waals surface area contributed by atoms with Gasteiger partial charge in [-0.2, -0.15) is 9.29 Å². The molecule has 0 bridgehead atoms. The van der Waals surface area contributed by atoms with Crippen LogP contribution in [0.15, 0.2) is 33.7 Å². The highest BCUT2D eigenvalue weighted by Crippen LogP contribution is 2.20. The molecule has 2 aromatic rings. The van der Waals surface area contributed by atoms with Crippen molar-refractivity contribution in [3.05, 3.63) is 41.5 Å². The molecule has 0 aliphatic carbocycles. The molecule has 1 aliphatic rings. The molecule has 1 fully saturated rings. The molecule has 0 unspecified atom stereocenters. The molecule has 1 aromatic carbocycles. The summed E-state index contributed by atoms with van der Waals surface area (Å²) in [6.07, 6.45) is 2.01. The van der Waals surface area contributed by atoms with Crippen molar-refractivity contribution in [3.8, 4) is 0 Å². The van der Waals surface area contributed by atoms with Gasteiger partial charge in [0.1, 0.15) is 0 Å². The Bertz CT molecular complexity index is 838. The van der Waals surface area contributed by atoms with Crippen molar-refractivity contribution in [2.24, 2.45) is 0 Å². The molecular weight excluding hydrogens is 364 g/mol. The average Bonchev–Trinajstić information content (AvgIpc) is 3.12. The minimum absolute atomic E-state index is 0.230. The summed E-state index contributed by atoms with van der Waals surface area (Å²) in [7, 11) is -3.44. The second-order valence-electron chi connectivity index (χ2n) is 7.28. The van der Waals surface area contributed by atoms with Crippen molar-refractivity contribution in [2.45, 2.75) is 51.0 Å². The number of piperazine rings is 1. The number of rotatable bonds is 7. The molecule has 0 saturated carbocycles. The maximum Gasteiger partial charge on any atom is 0.243 e. The molecule has 148 valence electrons. The van der Waals surface area contributed by atoms with Gasteiger partial charge in [-0.05, 0) is 24.1 Å². The maximum atomic E-state index is 12.9. The zero-order chi connectivity index (χ0) is 19.4. The van der Waals surface area contributed by atoms with Gasteiger partial charge in [0.2, 0.25) is 15.9 Å². The van der Waals surface area contributed by atoms with E-state index < -0.39 is 10.0 Å². The molecule has 1 aliphatic heterocycles. The molecule has 1 aromatic heterocycles. The highest BCUT2D eigenvalue weighted by atomic mass is 32.2. The van der Waals surface area contributed by atoms with Crippen LogP contribution in [-0.4, -0.2) is 53.9 Å². The first-order valence-corrected chi connectivity index (χ1v) is 11.0. The van der Waals surface area contributed by atoms with Crippen LogP contribution in [-0.2, 0) is 23.0 Å². The Kier molecular flexibility index (Phi) is 6.29. The number of hydrogen-bond donors (Lipinski definition) is 0. The van der Waals surface area contributed by atoms with E-state index >= 15 is 0 Å². The zero-order valence-electron chi connectivity index (χ0n) is 16.3. The van der Waals surface area contributed by atoms with Crippen LogP contribution in [0.5, 0.6) is 0 Å². The van der Waals surface area contributed by atoms with Crippen LogP contribution in [0.2, 0.25) is 0 Å². The molecule has 7 nitrogen and oxygen atoms in total. The summed E-state index contributed by atoms with van der Waals surface area (Å²) in [6, 6.07) is 7.26. The van der Waals surface area contributed by atoms with Crippen molar-refractivity contribution >= 4 is 10.0 Å². The van der Waals surface area contributed by atoms with Crippen molar-refractivity contribution < 1.29 is 12.9 Å². The molecule has 3 rings (SSSR count). The van der Waals surface area contributed by atoms with Gasteiger partial charge in [0.25, 0.3) is 0 Å². The van der Waals surface area contributed by atoms with E-state index in [9.17, 15) is 8.42 Å². The highest BCUT2D eigenvalue weighted by Gasteiger charge is 2.29. The summed E-state index contributed by atoms with van der Waals surface area (Å²) >= 11 is 0. The van der Waals surface area contributed by atoms with Gasteiger partial charge in [0.15, 0.2) is 5.82 Å². The average molecular weight is 393 g/mol. The summed E-state index contributed by atoms with van der Waals surface area (Å²) in [5.41, 5.74) is 1.17. The molecule has 0 amide bonds. The lowest BCUT2D eigenvalue weighted by Gasteiger charge is -2.33. The minimum Gasteiger partial charge on any atom is -0.338 e. The van der Waals surface area contributed by atoms with Gasteiger partial charge in [0.05, 0.1) is 11.4 Å². The Morgan fingerprint density at radius 2 is 1.78 bits per heavy atom. The first-order valence-electron chi connectivity index (χ1n) is 9.54. The first kappa shape index (κ1) is 20.0. The number of benzene rings is 1. The van der Waals surface area contributed by atoms with E-state index in [1.807, 2.05) is 26.0 Å². The quantitative estimate of drug-likeness (QED) is 0.721. The largest absolute Gasteiger partial charge is 0.338 e. The second kappa shape index (κ2) is 8.50. The fourth-order valence-electron chi connectivity index (χ4n) is 3.15. The van der Waals surface area contributed by atoms with E-state index in [2.05, 4.69) is 22.0 Å². The van der Waals surface area contributed by atoms with Crippen LogP contribution in [0, 0.1) is 0 Å². The van der Waals surface area contributed by atoms with Crippen molar-refractivity contribution in [3.63, 3.8) is 0 Å². The second-order valence-corrected chi connectivity index (χ2v) is 9.21. The third kappa shape index (κ3) is 4.75. The van der Waals surface area contributed by atoms with E-state index in [-0.39, 0.29) is 5.92 Å². The predicted molar refractivity (Wildman–Crippen MR) is 103 cm³/mol. The predicted octanol–water partition coefficient (Wildman–Crippen LogP) is 2.65. The molecule has 2 heterocycles. The lowest BCUT2D eigenvalue weighted by atomic mass is 10.1. The van der Waals surface area contributed by atoms with E-state index in [4.69, 9.17) is 4.52 Å². The van der Waals surface area contributed by atoms with Gasteiger partial charge >= 0.3 is 0 Å². The summed E-state index contributed by atoms with van der Waals surface area (Å²) in [6.45, 7) is 8.93. The molecule has 0 radical (unpaired) electrons. The fraction of sp³-hybridized carbons (Fsp3) is 0.579. The lowest BCUT2D eigenvalue weighted by molar-refractivity contribution is 0.163. The van der Waals surface area contributed by atoms with Gasteiger partial charge in [-0.3, -0.25) is 4.90 Å². The van der Waals surface area contributed by atoms with Crippen LogP contribution < -0.4 is 0 Å². The molecule has 1 saturated heterocycles.